The maximum absolute atomic E-state index is 13.4. The van der Waals surface area contributed by atoms with Gasteiger partial charge in [0.25, 0.3) is 0 Å². The second kappa shape index (κ2) is 6.66. The Hall–Kier alpha value is -2.96. The molecule has 7 heteroatoms. The molecule has 2 aromatic rings. The zero-order chi connectivity index (χ0) is 16.1. The van der Waals surface area contributed by atoms with Crippen LogP contribution in [0.2, 0.25) is 0 Å². The summed E-state index contributed by atoms with van der Waals surface area (Å²) in [6, 6.07) is 7.86. The fourth-order valence-electron chi connectivity index (χ4n) is 1.70. The quantitative estimate of drug-likeness (QED) is 0.901. The number of amides is 2. The maximum Gasteiger partial charge on any atom is 0.319 e. The van der Waals surface area contributed by atoms with Crippen LogP contribution in [0.15, 0.2) is 42.5 Å². The van der Waals surface area contributed by atoms with Crippen molar-refractivity contribution in [2.75, 3.05) is 5.32 Å². The molecule has 0 heterocycles. The molecule has 2 rings (SSSR count). The number of carbonyl (C=O) groups is 2. The van der Waals surface area contributed by atoms with Gasteiger partial charge in [0.2, 0.25) is 0 Å². The van der Waals surface area contributed by atoms with E-state index in [2.05, 4.69) is 10.6 Å². The average Bonchev–Trinajstić information content (AvgIpc) is 2.48. The first-order chi connectivity index (χ1) is 10.5. The number of halogens is 2. The van der Waals surface area contributed by atoms with Gasteiger partial charge < -0.3 is 20.5 Å². The Labute approximate surface area is 124 Å². The lowest BCUT2D eigenvalue weighted by Crippen LogP contribution is -2.28. The lowest BCUT2D eigenvalue weighted by atomic mass is 10.1. The lowest BCUT2D eigenvalue weighted by Gasteiger charge is -2.09. The third kappa shape index (κ3) is 4.02. The number of hydrogen-bond acceptors (Lipinski definition) is 3. The minimum absolute atomic E-state index is 0.0292. The third-order valence-corrected chi connectivity index (χ3v) is 2.82. The normalized spacial score (nSPS) is 10.1. The van der Waals surface area contributed by atoms with E-state index < -0.39 is 23.6 Å². The molecule has 0 aliphatic rings. The SMILES string of the molecule is O=C(NCc1ccc(C(=O)[O-])cc1)Nc1ccc(F)cc1F. The van der Waals surface area contributed by atoms with Crippen molar-refractivity contribution in [3.8, 4) is 0 Å². The lowest BCUT2D eigenvalue weighted by molar-refractivity contribution is -0.255. The van der Waals surface area contributed by atoms with Gasteiger partial charge in [-0.25, -0.2) is 13.6 Å². The Balaban J connectivity index is 1.91. The van der Waals surface area contributed by atoms with Gasteiger partial charge in [-0.15, -0.1) is 0 Å². The molecule has 0 aromatic heterocycles. The predicted molar refractivity (Wildman–Crippen MR) is 73.0 cm³/mol. The van der Waals surface area contributed by atoms with Crippen molar-refractivity contribution in [1.29, 1.82) is 0 Å². The van der Waals surface area contributed by atoms with Crippen LogP contribution in [-0.4, -0.2) is 12.0 Å². The van der Waals surface area contributed by atoms with Crippen LogP contribution in [-0.2, 0) is 6.54 Å². The van der Waals surface area contributed by atoms with Gasteiger partial charge in [0, 0.05) is 12.6 Å². The molecule has 0 saturated heterocycles. The summed E-state index contributed by atoms with van der Waals surface area (Å²) >= 11 is 0. The second-order valence-corrected chi connectivity index (χ2v) is 4.42. The van der Waals surface area contributed by atoms with Gasteiger partial charge in [-0.1, -0.05) is 24.3 Å². The molecule has 114 valence electrons. The van der Waals surface area contributed by atoms with E-state index in [0.29, 0.717) is 11.6 Å². The highest BCUT2D eigenvalue weighted by Crippen LogP contribution is 2.14. The number of rotatable bonds is 4. The highest BCUT2D eigenvalue weighted by atomic mass is 19.1. The number of nitrogens with one attached hydrogen (secondary N) is 2. The highest BCUT2D eigenvalue weighted by molar-refractivity contribution is 5.89. The van der Waals surface area contributed by atoms with E-state index in [1.807, 2.05) is 0 Å². The van der Waals surface area contributed by atoms with E-state index in [4.69, 9.17) is 0 Å². The van der Waals surface area contributed by atoms with E-state index in [0.717, 1.165) is 12.1 Å². The fraction of sp³-hybridized carbons (Fsp3) is 0.0667. The molecule has 2 N–H and O–H groups in total. The maximum atomic E-state index is 13.4. The van der Waals surface area contributed by atoms with E-state index in [-0.39, 0.29) is 17.8 Å². The smallest absolute Gasteiger partial charge is 0.319 e. The number of benzene rings is 2. The number of urea groups is 1. The van der Waals surface area contributed by atoms with Gasteiger partial charge in [0.1, 0.15) is 11.6 Å². The van der Waals surface area contributed by atoms with Crippen molar-refractivity contribution in [1.82, 2.24) is 5.32 Å². The Morgan fingerprint density at radius 1 is 1.05 bits per heavy atom. The number of carbonyl (C=O) groups excluding carboxylic acids is 2. The van der Waals surface area contributed by atoms with Crippen LogP contribution in [0.25, 0.3) is 0 Å². The molecule has 0 aliphatic heterocycles. The minimum Gasteiger partial charge on any atom is -0.545 e. The van der Waals surface area contributed by atoms with Crippen LogP contribution < -0.4 is 15.7 Å². The van der Waals surface area contributed by atoms with Crippen LogP contribution in [0.1, 0.15) is 15.9 Å². The van der Waals surface area contributed by atoms with Gasteiger partial charge >= 0.3 is 6.03 Å². The monoisotopic (exact) mass is 305 g/mol. The van der Waals surface area contributed by atoms with Crippen LogP contribution in [0.5, 0.6) is 0 Å². The third-order valence-electron chi connectivity index (χ3n) is 2.82. The average molecular weight is 305 g/mol. The zero-order valence-electron chi connectivity index (χ0n) is 11.2. The van der Waals surface area contributed by atoms with Crippen molar-refractivity contribution in [2.24, 2.45) is 0 Å². The summed E-state index contributed by atoms with van der Waals surface area (Å²) in [5.74, 6) is -2.91. The topological polar surface area (TPSA) is 81.3 Å². The molecular weight excluding hydrogens is 294 g/mol. The summed E-state index contributed by atoms with van der Waals surface area (Å²) in [5.41, 5.74) is 0.535. The van der Waals surface area contributed by atoms with Crippen molar-refractivity contribution < 1.29 is 23.5 Å². The number of carboxylic acids is 1. The molecule has 2 amide bonds. The number of carboxylic acid groups (broad SMARTS) is 1. The van der Waals surface area contributed by atoms with Gasteiger partial charge in [-0.2, -0.15) is 0 Å². The summed E-state index contributed by atoms with van der Waals surface area (Å²) in [6.07, 6.45) is 0. The summed E-state index contributed by atoms with van der Waals surface area (Å²) in [6.45, 7) is 0.113. The summed E-state index contributed by atoms with van der Waals surface area (Å²) < 4.78 is 26.1. The molecule has 0 aliphatic carbocycles. The van der Waals surface area contributed by atoms with Crippen molar-refractivity contribution in [3.63, 3.8) is 0 Å². The second-order valence-electron chi connectivity index (χ2n) is 4.42. The summed E-state index contributed by atoms with van der Waals surface area (Å²) in [4.78, 5) is 22.2. The van der Waals surface area contributed by atoms with Crippen LogP contribution in [0.4, 0.5) is 19.3 Å². The molecule has 0 fully saturated rings. The van der Waals surface area contributed by atoms with Crippen LogP contribution in [0, 0.1) is 11.6 Å². The van der Waals surface area contributed by atoms with Gasteiger partial charge in [-0.05, 0) is 23.3 Å². The molecule has 0 unspecified atom stereocenters. The highest BCUT2D eigenvalue weighted by Gasteiger charge is 2.07. The minimum atomic E-state index is -1.29. The first-order valence-corrected chi connectivity index (χ1v) is 6.26. The molecule has 0 saturated carbocycles. The molecule has 2 aromatic carbocycles. The Bertz CT molecular complexity index is 702. The Morgan fingerprint density at radius 3 is 2.32 bits per heavy atom. The molecule has 0 spiro atoms. The Morgan fingerprint density at radius 2 is 1.73 bits per heavy atom. The number of aromatic carboxylic acids is 1. The van der Waals surface area contributed by atoms with E-state index in [1.54, 1.807) is 0 Å². The molecule has 0 atom stereocenters. The molecule has 5 nitrogen and oxygen atoms in total. The van der Waals surface area contributed by atoms with Gasteiger partial charge in [-0.3, -0.25) is 0 Å². The van der Waals surface area contributed by atoms with E-state index in [1.165, 1.54) is 24.3 Å². The number of hydrogen-bond donors (Lipinski definition) is 2. The first kappa shape index (κ1) is 15.4. The van der Waals surface area contributed by atoms with Crippen LogP contribution >= 0.6 is 0 Å². The molecule has 0 radical (unpaired) electrons. The fourth-order valence-corrected chi connectivity index (χ4v) is 1.70. The molecule has 22 heavy (non-hydrogen) atoms. The van der Waals surface area contributed by atoms with Crippen molar-refractivity contribution >= 4 is 17.7 Å². The standard InChI is InChI=1S/C15H12F2N2O3/c16-11-5-6-13(12(17)7-11)19-15(22)18-8-9-1-3-10(4-2-9)14(20)21/h1-7H,8H2,(H,20,21)(H2,18,19,22)/p-1. The first-order valence-electron chi connectivity index (χ1n) is 6.26. The predicted octanol–water partition coefficient (Wildman–Crippen LogP) is 1.65. The largest absolute Gasteiger partial charge is 0.545 e. The Kier molecular flexibility index (Phi) is 4.67. The van der Waals surface area contributed by atoms with Crippen molar-refractivity contribution in [3.05, 3.63) is 65.2 Å². The molecular formula is C15H11F2N2O3-. The van der Waals surface area contributed by atoms with Crippen LogP contribution in [0.3, 0.4) is 0 Å². The summed E-state index contributed by atoms with van der Waals surface area (Å²) in [7, 11) is 0. The zero-order valence-corrected chi connectivity index (χ0v) is 11.2. The van der Waals surface area contributed by atoms with Gasteiger partial charge in [0.15, 0.2) is 0 Å². The van der Waals surface area contributed by atoms with Crippen molar-refractivity contribution in [2.45, 2.75) is 6.54 Å². The van der Waals surface area contributed by atoms with Gasteiger partial charge in [0.05, 0.1) is 11.7 Å². The van der Waals surface area contributed by atoms with E-state index >= 15 is 0 Å². The van der Waals surface area contributed by atoms with E-state index in [9.17, 15) is 23.5 Å². The number of anilines is 1. The molecule has 0 bridgehead atoms. The summed E-state index contributed by atoms with van der Waals surface area (Å²) in [5, 5.41) is 15.3.